The number of nitrogens with one attached hydrogen (secondary N) is 3. The number of nitrogens with zero attached hydrogens (tertiary/aromatic N) is 4. The van der Waals surface area contributed by atoms with E-state index in [1.54, 1.807) is 18.5 Å². The van der Waals surface area contributed by atoms with Gasteiger partial charge in [-0.05, 0) is 50.1 Å². The lowest BCUT2D eigenvalue weighted by atomic mass is 10.1. The van der Waals surface area contributed by atoms with Crippen LogP contribution < -0.4 is 16.0 Å². The van der Waals surface area contributed by atoms with Gasteiger partial charge in [0.05, 0.1) is 11.2 Å². The van der Waals surface area contributed by atoms with Crippen LogP contribution in [-0.2, 0) is 4.79 Å². The minimum absolute atomic E-state index is 0.0125. The Morgan fingerprint density at radius 1 is 1.14 bits per heavy atom. The van der Waals surface area contributed by atoms with Crippen LogP contribution in [-0.4, -0.2) is 43.9 Å². The first-order valence-electron chi connectivity index (χ1n) is 9.45. The molecule has 1 aliphatic heterocycles. The number of rotatable bonds is 5. The molecule has 29 heavy (non-hydrogen) atoms. The van der Waals surface area contributed by atoms with Crippen molar-refractivity contribution < 1.29 is 4.79 Å². The number of thioether (sulfide) groups is 1. The van der Waals surface area contributed by atoms with Gasteiger partial charge in [-0.3, -0.25) is 10.1 Å². The Bertz CT molecular complexity index is 1040. The summed E-state index contributed by atoms with van der Waals surface area (Å²) in [6.07, 6.45) is 3.38. The van der Waals surface area contributed by atoms with Crippen LogP contribution in [0.15, 0.2) is 35.7 Å². The van der Waals surface area contributed by atoms with Crippen molar-refractivity contribution in [3.05, 3.63) is 47.4 Å². The molecule has 0 bridgehead atoms. The van der Waals surface area contributed by atoms with Gasteiger partial charge in [-0.1, -0.05) is 11.8 Å². The number of anilines is 1. The van der Waals surface area contributed by atoms with Gasteiger partial charge in [0.2, 0.25) is 11.9 Å². The SMILES string of the molecule is Cc1cc2nc(NC3NC(=O)CC(CSc4ncccn4)N3)nc(C)c2cc1C. The highest BCUT2D eigenvalue weighted by molar-refractivity contribution is 7.99. The zero-order chi connectivity index (χ0) is 20.4. The van der Waals surface area contributed by atoms with Crippen molar-refractivity contribution in [3.8, 4) is 0 Å². The number of carbonyl (C=O) groups is 1. The second kappa shape index (κ2) is 8.30. The smallest absolute Gasteiger partial charge is 0.226 e. The van der Waals surface area contributed by atoms with Gasteiger partial charge in [0.15, 0.2) is 11.4 Å². The molecule has 3 aromatic rings. The molecule has 3 heterocycles. The maximum absolute atomic E-state index is 12.2. The van der Waals surface area contributed by atoms with Gasteiger partial charge >= 0.3 is 0 Å². The summed E-state index contributed by atoms with van der Waals surface area (Å²) in [5.74, 6) is 1.15. The largest absolute Gasteiger partial charge is 0.323 e. The number of aryl methyl sites for hydroxylation is 3. The number of hydrogen-bond acceptors (Lipinski definition) is 8. The minimum atomic E-state index is -0.443. The second-order valence-electron chi connectivity index (χ2n) is 7.14. The first-order valence-corrected chi connectivity index (χ1v) is 10.4. The van der Waals surface area contributed by atoms with Crippen LogP contribution in [0.25, 0.3) is 10.9 Å². The van der Waals surface area contributed by atoms with E-state index >= 15 is 0 Å². The Balaban J connectivity index is 1.46. The van der Waals surface area contributed by atoms with Crippen molar-refractivity contribution in [2.45, 2.75) is 44.7 Å². The molecule has 1 saturated heterocycles. The van der Waals surface area contributed by atoms with E-state index in [0.29, 0.717) is 23.3 Å². The molecular weight excluding hydrogens is 386 g/mol. The van der Waals surface area contributed by atoms with E-state index in [4.69, 9.17) is 0 Å². The number of aromatic nitrogens is 4. The topological polar surface area (TPSA) is 105 Å². The molecule has 1 aromatic carbocycles. The summed E-state index contributed by atoms with van der Waals surface area (Å²) in [4.78, 5) is 29.8. The van der Waals surface area contributed by atoms with E-state index in [-0.39, 0.29) is 11.9 Å². The lowest BCUT2D eigenvalue weighted by Gasteiger charge is -2.31. The predicted octanol–water partition coefficient (Wildman–Crippen LogP) is 2.31. The summed E-state index contributed by atoms with van der Waals surface area (Å²) in [5, 5.41) is 11.2. The van der Waals surface area contributed by atoms with Crippen LogP contribution in [0.1, 0.15) is 23.2 Å². The third kappa shape index (κ3) is 4.63. The third-order valence-corrected chi connectivity index (χ3v) is 5.91. The highest BCUT2D eigenvalue weighted by Gasteiger charge is 2.26. The Morgan fingerprint density at radius 3 is 2.69 bits per heavy atom. The van der Waals surface area contributed by atoms with Crippen LogP contribution in [0, 0.1) is 20.8 Å². The Morgan fingerprint density at radius 2 is 1.90 bits per heavy atom. The molecule has 1 aliphatic rings. The van der Waals surface area contributed by atoms with Crippen LogP contribution in [0.2, 0.25) is 0 Å². The van der Waals surface area contributed by atoms with Gasteiger partial charge in [0.1, 0.15) is 0 Å². The normalized spacial score (nSPS) is 19.2. The van der Waals surface area contributed by atoms with Crippen molar-refractivity contribution in [1.82, 2.24) is 30.6 Å². The van der Waals surface area contributed by atoms with Crippen molar-refractivity contribution in [1.29, 1.82) is 0 Å². The Labute approximate surface area is 173 Å². The van der Waals surface area contributed by atoms with Gasteiger partial charge in [-0.2, -0.15) is 0 Å². The lowest BCUT2D eigenvalue weighted by molar-refractivity contribution is -0.123. The number of benzene rings is 1. The van der Waals surface area contributed by atoms with Crippen LogP contribution >= 0.6 is 11.8 Å². The van der Waals surface area contributed by atoms with Gasteiger partial charge in [0, 0.05) is 36.0 Å². The zero-order valence-corrected chi connectivity index (χ0v) is 17.4. The van der Waals surface area contributed by atoms with Crippen molar-refractivity contribution in [3.63, 3.8) is 0 Å². The maximum Gasteiger partial charge on any atom is 0.226 e. The van der Waals surface area contributed by atoms with E-state index in [0.717, 1.165) is 16.6 Å². The monoisotopic (exact) mass is 409 g/mol. The molecule has 0 radical (unpaired) electrons. The summed E-state index contributed by atoms with van der Waals surface area (Å²) < 4.78 is 0. The Kier molecular flexibility index (Phi) is 5.59. The molecule has 8 nitrogen and oxygen atoms in total. The molecule has 3 N–H and O–H groups in total. The molecule has 1 fully saturated rings. The highest BCUT2D eigenvalue weighted by Crippen LogP contribution is 2.22. The van der Waals surface area contributed by atoms with Crippen LogP contribution in [0.3, 0.4) is 0 Å². The summed E-state index contributed by atoms with van der Waals surface area (Å²) >= 11 is 1.52. The molecular formula is C20H23N7OS. The molecule has 2 aromatic heterocycles. The van der Waals surface area contributed by atoms with E-state index in [9.17, 15) is 4.79 Å². The van der Waals surface area contributed by atoms with Gasteiger partial charge < -0.3 is 10.6 Å². The summed E-state index contributed by atoms with van der Waals surface area (Å²) in [6, 6.07) is 5.95. The molecule has 1 amide bonds. The van der Waals surface area contributed by atoms with Gasteiger partial charge in [0.25, 0.3) is 0 Å². The molecule has 9 heteroatoms. The summed E-state index contributed by atoms with van der Waals surface area (Å²) in [7, 11) is 0. The number of amides is 1. The van der Waals surface area contributed by atoms with E-state index in [2.05, 4.69) is 61.9 Å². The van der Waals surface area contributed by atoms with Crippen LogP contribution in [0.5, 0.6) is 0 Å². The summed E-state index contributed by atoms with van der Waals surface area (Å²) in [5.41, 5.74) is 4.19. The maximum atomic E-state index is 12.2. The highest BCUT2D eigenvalue weighted by atomic mass is 32.2. The third-order valence-electron chi connectivity index (χ3n) is 4.87. The van der Waals surface area contributed by atoms with Gasteiger partial charge in [-0.25, -0.2) is 19.9 Å². The lowest BCUT2D eigenvalue weighted by Crippen LogP contribution is -2.60. The summed E-state index contributed by atoms with van der Waals surface area (Å²) in [6.45, 7) is 6.12. The average molecular weight is 410 g/mol. The number of carbonyl (C=O) groups excluding carboxylic acids is 1. The quantitative estimate of drug-likeness (QED) is 0.436. The second-order valence-corrected chi connectivity index (χ2v) is 8.13. The molecule has 4 rings (SSSR count). The first kappa shape index (κ1) is 19.5. The van der Waals surface area contributed by atoms with Crippen molar-refractivity contribution in [2.75, 3.05) is 11.1 Å². The number of hydrogen-bond donors (Lipinski definition) is 3. The van der Waals surface area contributed by atoms with E-state index in [1.165, 1.54) is 22.9 Å². The molecule has 150 valence electrons. The average Bonchev–Trinajstić information content (AvgIpc) is 2.68. The molecule has 0 spiro atoms. The Hall–Kier alpha value is -2.78. The minimum Gasteiger partial charge on any atom is -0.323 e. The van der Waals surface area contributed by atoms with Crippen LogP contribution in [0.4, 0.5) is 5.95 Å². The molecule has 0 aliphatic carbocycles. The fourth-order valence-electron chi connectivity index (χ4n) is 3.23. The molecule has 2 atom stereocenters. The van der Waals surface area contributed by atoms with E-state index in [1.807, 2.05) is 6.92 Å². The van der Waals surface area contributed by atoms with Crippen molar-refractivity contribution in [2.24, 2.45) is 0 Å². The molecule has 0 saturated carbocycles. The fourth-order valence-corrected chi connectivity index (χ4v) is 4.07. The van der Waals surface area contributed by atoms with Gasteiger partial charge in [-0.15, -0.1) is 0 Å². The standard InChI is InChI=1S/C20H23N7OS/c1-11-7-15-13(3)23-18(25-16(15)8-12(11)2)27-19-24-14(9-17(28)26-19)10-29-20-21-5-4-6-22-20/h4-8,14,19,24H,9-10H2,1-3H3,(H,26,28)(H,23,25,27). The first-order chi connectivity index (χ1) is 14.0. The number of fused-ring (bicyclic) bond motifs is 1. The van der Waals surface area contributed by atoms with E-state index < -0.39 is 6.29 Å². The molecule has 2 unspecified atom stereocenters. The van der Waals surface area contributed by atoms with Crippen molar-refractivity contribution >= 4 is 34.5 Å². The zero-order valence-electron chi connectivity index (χ0n) is 16.6. The predicted molar refractivity (Wildman–Crippen MR) is 114 cm³/mol. The fraction of sp³-hybridized carbons (Fsp3) is 0.350.